The molecule has 1 atom stereocenters. The molecule has 1 N–H and O–H groups in total. The number of hydrogen-bond donors (Lipinski definition) is 1. The fourth-order valence-electron chi connectivity index (χ4n) is 2.24. The number of aromatic amines is 1. The van der Waals surface area contributed by atoms with Crippen LogP contribution in [0, 0.1) is 5.82 Å². The normalized spacial score (nSPS) is 22.7. The molecule has 0 saturated carbocycles. The van der Waals surface area contributed by atoms with Crippen LogP contribution < -0.4 is 0 Å². The van der Waals surface area contributed by atoms with Gasteiger partial charge in [-0.3, -0.25) is 0 Å². The molecule has 96 valence electrons. The maximum Gasteiger partial charge on any atom is 0.169 e. The Kier molecular flexibility index (Phi) is 2.60. The lowest BCUT2D eigenvalue weighted by Crippen LogP contribution is -2.04. The second-order valence-electron chi connectivity index (χ2n) is 4.48. The zero-order chi connectivity index (χ0) is 12.9. The number of halogens is 2. The van der Waals surface area contributed by atoms with Gasteiger partial charge < -0.3 is 4.98 Å². The summed E-state index contributed by atoms with van der Waals surface area (Å²) in [6, 6.07) is 3.09. The van der Waals surface area contributed by atoms with Crippen molar-refractivity contribution in [3.8, 4) is 0 Å². The van der Waals surface area contributed by atoms with Crippen molar-refractivity contribution in [1.82, 2.24) is 9.97 Å². The second kappa shape index (κ2) is 3.93. The van der Waals surface area contributed by atoms with E-state index in [1.165, 1.54) is 6.07 Å². The van der Waals surface area contributed by atoms with Crippen LogP contribution in [0.2, 0.25) is 5.02 Å². The lowest BCUT2D eigenvalue weighted by molar-refractivity contribution is 0.601. The second-order valence-corrected chi connectivity index (χ2v) is 7.12. The Morgan fingerprint density at radius 3 is 2.89 bits per heavy atom. The third-order valence-electron chi connectivity index (χ3n) is 3.18. The summed E-state index contributed by atoms with van der Waals surface area (Å²) in [4.78, 5) is 7.11. The first kappa shape index (κ1) is 11.9. The molecule has 3 rings (SSSR count). The highest BCUT2D eigenvalue weighted by Crippen LogP contribution is 2.30. The number of hydrogen-bond acceptors (Lipinski definition) is 3. The van der Waals surface area contributed by atoms with Gasteiger partial charge in [-0.2, -0.15) is 0 Å². The van der Waals surface area contributed by atoms with Crippen molar-refractivity contribution >= 4 is 32.5 Å². The molecule has 1 aliphatic rings. The van der Waals surface area contributed by atoms with E-state index in [1.54, 1.807) is 6.07 Å². The van der Waals surface area contributed by atoms with Gasteiger partial charge in [0.05, 0.1) is 22.0 Å². The lowest BCUT2D eigenvalue weighted by Gasteiger charge is -2.01. The minimum absolute atomic E-state index is 0.0135. The van der Waals surface area contributed by atoms with E-state index < -0.39 is 15.7 Å². The van der Waals surface area contributed by atoms with E-state index in [0.29, 0.717) is 17.8 Å². The number of nitrogens with one attached hydrogen (secondary N) is 1. The molecule has 1 saturated heterocycles. The number of aromatic nitrogens is 2. The molecule has 7 heteroatoms. The Morgan fingerprint density at radius 1 is 1.44 bits per heavy atom. The van der Waals surface area contributed by atoms with Gasteiger partial charge in [-0.1, -0.05) is 11.6 Å². The van der Waals surface area contributed by atoms with Gasteiger partial charge in [0.1, 0.15) is 11.3 Å². The summed E-state index contributed by atoms with van der Waals surface area (Å²) in [5.74, 6) is 0.00506. The Hall–Kier alpha value is -1.14. The largest absolute Gasteiger partial charge is 0.342 e. The van der Waals surface area contributed by atoms with Crippen molar-refractivity contribution in [2.45, 2.75) is 12.3 Å². The zero-order valence-corrected chi connectivity index (χ0v) is 10.9. The van der Waals surface area contributed by atoms with Gasteiger partial charge in [-0.05, 0) is 18.6 Å². The average Bonchev–Trinajstić information content (AvgIpc) is 2.87. The standard InChI is InChI=1S/C11H10ClFN2O2S/c12-7-1-2-8-10(9(7)13)15-11(14-8)6-3-4-18(16,17)5-6/h1-2,6H,3-5H2,(H,14,15). The summed E-state index contributed by atoms with van der Waals surface area (Å²) in [5, 5.41) is 0.0135. The van der Waals surface area contributed by atoms with Crippen molar-refractivity contribution in [1.29, 1.82) is 0 Å². The number of imidazole rings is 1. The predicted molar refractivity (Wildman–Crippen MR) is 67.1 cm³/mol. The molecule has 0 bridgehead atoms. The van der Waals surface area contributed by atoms with Crippen LogP contribution in [-0.2, 0) is 9.84 Å². The fraction of sp³-hybridized carbons (Fsp3) is 0.364. The summed E-state index contributed by atoms with van der Waals surface area (Å²) >= 11 is 5.68. The smallest absolute Gasteiger partial charge is 0.169 e. The highest BCUT2D eigenvalue weighted by atomic mass is 35.5. The molecule has 0 radical (unpaired) electrons. The van der Waals surface area contributed by atoms with E-state index >= 15 is 0 Å². The van der Waals surface area contributed by atoms with Crippen molar-refractivity contribution < 1.29 is 12.8 Å². The third kappa shape index (κ3) is 1.89. The van der Waals surface area contributed by atoms with Crippen LogP contribution >= 0.6 is 11.6 Å². The van der Waals surface area contributed by atoms with Crippen molar-refractivity contribution in [3.63, 3.8) is 0 Å². The molecule has 4 nitrogen and oxygen atoms in total. The van der Waals surface area contributed by atoms with E-state index in [4.69, 9.17) is 11.6 Å². The molecular weight excluding hydrogens is 279 g/mol. The van der Waals surface area contributed by atoms with E-state index in [1.807, 2.05) is 0 Å². The molecule has 1 aromatic carbocycles. The molecule has 0 amide bonds. The van der Waals surface area contributed by atoms with Crippen LogP contribution in [0.1, 0.15) is 18.2 Å². The van der Waals surface area contributed by atoms with Gasteiger partial charge in [0.2, 0.25) is 0 Å². The van der Waals surface area contributed by atoms with Crippen molar-refractivity contribution in [3.05, 3.63) is 28.8 Å². The number of rotatable bonds is 1. The molecule has 1 aliphatic heterocycles. The van der Waals surface area contributed by atoms with Crippen LogP contribution in [0.15, 0.2) is 12.1 Å². The van der Waals surface area contributed by atoms with Crippen molar-refractivity contribution in [2.75, 3.05) is 11.5 Å². The minimum atomic E-state index is -2.98. The monoisotopic (exact) mass is 288 g/mol. The van der Waals surface area contributed by atoms with Gasteiger partial charge in [0.25, 0.3) is 0 Å². The highest BCUT2D eigenvalue weighted by molar-refractivity contribution is 7.91. The molecule has 2 heterocycles. The third-order valence-corrected chi connectivity index (χ3v) is 5.24. The number of sulfone groups is 1. The van der Waals surface area contributed by atoms with Gasteiger partial charge >= 0.3 is 0 Å². The van der Waals surface area contributed by atoms with Gasteiger partial charge in [-0.15, -0.1) is 0 Å². The Morgan fingerprint density at radius 2 is 2.22 bits per heavy atom. The fourth-order valence-corrected chi connectivity index (χ4v) is 4.14. The molecule has 1 aromatic heterocycles. The first-order valence-electron chi connectivity index (χ1n) is 5.50. The summed E-state index contributed by atoms with van der Waals surface area (Å²) in [7, 11) is -2.98. The van der Waals surface area contributed by atoms with Crippen LogP contribution in [0.5, 0.6) is 0 Å². The molecule has 2 aromatic rings. The van der Waals surface area contributed by atoms with Crippen LogP contribution in [0.25, 0.3) is 11.0 Å². The van der Waals surface area contributed by atoms with Gasteiger partial charge in [0, 0.05) is 5.92 Å². The highest BCUT2D eigenvalue weighted by Gasteiger charge is 2.31. The lowest BCUT2D eigenvalue weighted by atomic mass is 10.1. The Labute approximate surface area is 108 Å². The minimum Gasteiger partial charge on any atom is -0.342 e. The maximum absolute atomic E-state index is 13.7. The number of nitrogens with zero attached hydrogens (tertiary/aromatic N) is 1. The first-order chi connectivity index (χ1) is 8.46. The molecule has 0 spiro atoms. The van der Waals surface area contributed by atoms with E-state index in [-0.39, 0.29) is 28.0 Å². The van der Waals surface area contributed by atoms with E-state index in [0.717, 1.165) is 0 Å². The molecule has 18 heavy (non-hydrogen) atoms. The summed E-state index contributed by atoms with van der Waals surface area (Å²) in [6.45, 7) is 0. The first-order valence-corrected chi connectivity index (χ1v) is 7.70. The van der Waals surface area contributed by atoms with Gasteiger partial charge in [-0.25, -0.2) is 17.8 Å². The van der Waals surface area contributed by atoms with Crippen molar-refractivity contribution in [2.24, 2.45) is 0 Å². The topological polar surface area (TPSA) is 62.8 Å². The van der Waals surface area contributed by atoms with Gasteiger partial charge in [0.15, 0.2) is 15.7 Å². The summed E-state index contributed by atoms with van der Waals surface area (Å²) in [5.41, 5.74) is 0.706. The summed E-state index contributed by atoms with van der Waals surface area (Å²) in [6.07, 6.45) is 0.525. The zero-order valence-electron chi connectivity index (χ0n) is 9.28. The van der Waals surface area contributed by atoms with Crippen LogP contribution in [0.4, 0.5) is 4.39 Å². The number of H-pyrrole nitrogens is 1. The molecule has 0 aliphatic carbocycles. The Bertz CT molecular complexity index is 726. The molecule has 1 fully saturated rings. The Balaban J connectivity index is 2.07. The van der Waals surface area contributed by atoms with Crippen LogP contribution in [-0.4, -0.2) is 29.9 Å². The SMILES string of the molecule is O=S1(=O)CCC(c2nc3c(F)c(Cl)ccc3[nH]2)C1. The summed E-state index contributed by atoms with van der Waals surface area (Å²) < 4.78 is 36.5. The quantitative estimate of drug-likeness (QED) is 0.875. The number of benzene rings is 1. The van der Waals surface area contributed by atoms with Crippen LogP contribution in [0.3, 0.4) is 0 Å². The van der Waals surface area contributed by atoms with E-state index in [2.05, 4.69) is 9.97 Å². The van der Waals surface area contributed by atoms with E-state index in [9.17, 15) is 12.8 Å². The molecular formula is C11H10ClFN2O2S. The number of fused-ring (bicyclic) bond motifs is 1. The molecule has 1 unspecified atom stereocenters. The average molecular weight is 289 g/mol. The predicted octanol–water partition coefficient (Wildman–Crippen LogP) is 2.26. The maximum atomic E-state index is 13.7.